The quantitative estimate of drug-likeness (QED) is 0.305. The maximum atomic E-state index is 13.5. The van der Waals surface area contributed by atoms with Crippen molar-refractivity contribution in [3.8, 4) is 11.1 Å². The molecule has 0 amide bonds. The van der Waals surface area contributed by atoms with E-state index in [1.807, 2.05) is 31.2 Å². The van der Waals surface area contributed by atoms with Gasteiger partial charge in [0.15, 0.2) is 5.41 Å². The number of carboxylic acids is 1. The molecule has 0 aliphatic carbocycles. The first-order valence-corrected chi connectivity index (χ1v) is 13.1. The van der Waals surface area contributed by atoms with Gasteiger partial charge in [-0.15, -0.1) is 0 Å². The van der Waals surface area contributed by atoms with Crippen molar-refractivity contribution in [2.24, 2.45) is 0 Å². The zero-order valence-corrected chi connectivity index (χ0v) is 22.6. The Balaban J connectivity index is 1.47. The predicted octanol–water partition coefficient (Wildman–Crippen LogP) is 6.60. The Bertz CT molecular complexity index is 1330. The summed E-state index contributed by atoms with van der Waals surface area (Å²) >= 11 is 0. The van der Waals surface area contributed by atoms with Crippen LogP contribution in [0, 0.1) is 6.92 Å². The SMILES string of the molecule is Cc1cc(CN2CCN(Cc3ccncc3)C(CC(=O)O)C2)ccc1-c1ccc(C(C)(C(F)(F)F)C(F)(F)F)cc1. The summed E-state index contributed by atoms with van der Waals surface area (Å²) in [4.78, 5) is 19.9. The molecule has 1 aliphatic heterocycles. The first-order valence-electron chi connectivity index (χ1n) is 13.1. The van der Waals surface area contributed by atoms with E-state index in [-0.39, 0.29) is 19.4 Å². The number of pyridine rings is 1. The number of hydrogen-bond donors (Lipinski definition) is 1. The molecular weight excluding hydrogens is 548 g/mol. The number of benzene rings is 2. The van der Waals surface area contributed by atoms with Crippen molar-refractivity contribution < 1.29 is 36.2 Å². The van der Waals surface area contributed by atoms with Crippen LogP contribution in [0.25, 0.3) is 11.1 Å². The van der Waals surface area contributed by atoms with Crippen LogP contribution in [-0.4, -0.2) is 63.9 Å². The number of carbonyl (C=O) groups is 1. The van der Waals surface area contributed by atoms with Crippen LogP contribution in [0.3, 0.4) is 0 Å². The van der Waals surface area contributed by atoms with Crippen LogP contribution >= 0.6 is 0 Å². The molecule has 0 radical (unpaired) electrons. The number of rotatable bonds is 8. The van der Waals surface area contributed by atoms with E-state index in [0.717, 1.165) is 35.4 Å². The summed E-state index contributed by atoms with van der Waals surface area (Å²) in [7, 11) is 0. The average molecular weight is 580 g/mol. The Morgan fingerprint density at radius 2 is 1.54 bits per heavy atom. The van der Waals surface area contributed by atoms with E-state index >= 15 is 0 Å². The summed E-state index contributed by atoms with van der Waals surface area (Å²) < 4.78 is 80.8. The molecule has 0 saturated carbocycles. The second kappa shape index (κ2) is 11.8. The van der Waals surface area contributed by atoms with E-state index < -0.39 is 29.3 Å². The van der Waals surface area contributed by atoms with Gasteiger partial charge in [-0.3, -0.25) is 19.6 Å². The topological polar surface area (TPSA) is 56.7 Å². The molecule has 41 heavy (non-hydrogen) atoms. The van der Waals surface area contributed by atoms with E-state index in [1.54, 1.807) is 18.5 Å². The molecule has 0 spiro atoms. The zero-order valence-electron chi connectivity index (χ0n) is 22.6. The highest BCUT2D eigenvalue weighted by molar-refractivity contribution is 5.68. The van der Waals surface area contributed by atoms with E-state index in [4.69, 9.17) is 0 Å². The fourth-order valence-corrected chi connectivity index (χ4v) is 5.30. The lowest BCUT2D eigenvalue weighted by Gasteiger charge is -2.41. The molecule has 5 nitrogen and oxygen atoms in total. The third-order valence-corrected chi connectivity index (χ3v) is 7.84. The average Bonchev–Trinajstić information content (AvgIpc) is 2.89. The Morgan fingerprint density at radius 1 is 0.902 bits per heavy atom. The number of piperazine rings is 1. The van der Waals surface area contributed by atoms with Gasteiger partial charge in [0, 0.05) is 51.2 Å². The van der Waals surface area contributed by atoms with Crippen molar-refractivity contribution in [2.45, 2.75) is 57.2 Å². The Hall–Kier alpha value is -3.44. The molecule has 1 aromatic heterocycles. The fourth-order valence-electron chi connectivity index (χ4n) is 5.30. The van der Waals surface area contributed by atoms with Crippen LogP contribution in [0.15, 0.2) is 67.0 Å². The summed E-state index contributed by atoms with van der Waals surface area (Å²) in [5.41, 5.74) is -0.774. The van der Waals surface area contributed by atoms with Crippen molar-refractivity contribution in [1.29, 1.82) is 0 Å². The maximum absolute atomic E-state index is 13.5. The van der Waals surface area contributed by atoms with E-state index in [9.17, 15) is 36.2 Å². The van der Waals surface area contributed by atoms with Gasteiger partial charge in [-0.1, -0.05) is 42.5 Å². The second-order valence-corrected chi connectivity index (χ2v) is 10.7. The molecule has 1 atom stereocenters. The highest BCUT2D eigenvalue weighted by Gasteiger charge is 2.68. The largest absolute Gasteiger partial charge is 0.481 e. The summed E-state index contributed by atoms with van der Waals surface area (Å²) in [5.74, 6) is -0.867. The molecule has 1 saturated heterocycles. The molecule has 2 heterocycles. The number of nitrogens with zero attached hydrogens (tertiary/aromatic N) is 3. The zero-order chi connectivity index (χ0) is 30.0. The Morgan fingerprint density at radius 3 is 2.10 bits per heavy atom. The minimum Gasteiger partial charge on any atom is -0.481 e. The Kier molecular flexibility index (Phi) is 8.79. The van der Waals surface area contributed by atoms with Crippen molar-refractivity contribution in [2.75, 3.05) is 19.6 Å². The fraction of sp³-hybridized carbons (Fsp3) is 0.400. The van der Waals surface area contributed by atoms with Gasteiger partial charge in [0.2, 0.25) is 0 Å². The lowest BCUT2D eigenvalue weighted by atomic mass is 9.80. The minimum atomic E-state index is -5.50. The lowest BCUT2D eigenvalue weighted by molar-refractivity contribution is -0.297. The number of aromatic nitrogens is 1. The third kappa shape index (κ3) is 6.73. The summed E-state index contributed by atoms with van der Waals surface area (Å²) in [6.07, 6.45) is -7.58. The van der Waals surface area contributed by atoms with Crippen LogP contribution in [-0.2, 0) is 23.3 Å². The van der Waals surface area contributed by atoms with Crippen LogP contribution < -0.4 is 0 Å². The van der Waals surface area contributed by atoms with Gasteiger partial charge < -0.3 is 5.11 Å². The van der Waals surface area contributed by atoms with Gasteiger partial charge in [-0.05, 0) is 59.4 Å². The number of carboxylic acid groups (broad SMARTS) is 1. The molecule has 2 aromatic carbocycles. The molecule has 0 bridgehead atoms. The summed E-state index contributed by atoms with van der Waals surface area (Å²) in [6, 6.07) is 13.6. The molecule has 3 aromatic rings. The molecular formula is C30H31F6N3O2. The van der Waals surface area contributed by atoms with Gasteiger partial charge in [0.05, 0.1) is 6.42 Å². The number of aryl methyl sites for hydroxylation is 1. The number of halogens is 6. The van der Waals surface area contributed by atoms with Gasteiger partial charge in [-0.25, -0.2) is 0 Å². The number of hydrogen-bond acceptors (Lipinski definition) is 4. The van der Waals surface area contributed by atoms with Gasteiger partial charge in [0.1, 0.15) is 0 Å². The first-order chi connectivity index (χ1) is 19.2. The highest BCUT2D eigenvalue weighted by Crippen LogP contribution is 2.51. The van der Waals surface area contributed by atoms with Gasteiger partial charge in [-0.2, -0.15) is 26.3 Å². The normalized spacial score (nSPS) is 17.5. The van der Waals surface area contributed by atoms with Crippen LogP contribution in [0.5, 0.6) is 0 Å². The van der Waals surface area contributed by atoms with Crippen molar-refractivity contribution in [3.05, 3.63) is 89.2 Å². The predicted molar refractivity (Wildman–Crippen MR) is 142 cm³/mol. The standard InChI is InChI=1S/C30H31F6N3O2/c1-20-15-22(17-38-13-14-39(25(19-38)16-27(40)41)18-21-9-11-37-12-10-21)3-8-26(20)23-4-6-24(7-5-23)28(2,29(31,32)33)30(34,35)36/h3-12,15,25H,13-14,16-19H2,1-2H3,(H,40,41). The minimum absolute atomic E-state index is 0.0112. The highest BCUT2D eigenvalue weighted by atomic mass is 19.4. The molecule has 1 N–H and O–H groups in total. The van der Waals surface area contributed by atoms with E-state index in [0.29, 0.717) is 37.3 Å². The van der Waals surface area contributed by atoms with Crippen LogP contribution in [0.1, 0.15) is 35.6 Å². The molecule has 1 fully saturated rings. The smallest absolute Gasteiger partial charge is 0.406 e. The van der Waals surface area contributed by atoms with Crippen LogP contribution in [0.4, 0.5) is 26.3 Å². The maximum Gasteiger partial charge on any atom is 0.406 e. The molecule has 220 valence electrons. The van der Waals surface area contributed by atoms with Crippen molar-refractivity contribution in [3.63, 3.8) is 0 Å². The van der Waals surface area contributed by atoms with Crippen molar-refractivity contribution >= 4 is 5.97 Å². The van der Waals surface area contributed by atoms with Crippen molar-refractivity contribution in [1.82, 2.24) is 14.8 Å². The molecule has 1 aliphatic rings. The molecule has 4 rings (SSSR count). The van der Waals surface area contributed by atoms with Crippen LogP contribution in [0.2, 0.25) is 0 Å². The van der Waals surface area contributed by atoms with Gasteiger partial charge in [0.25, 0.3) is 0 Å². The van der Waals surface area contributed by atoms with Gasteiger partial charge >= 0.3 is 18.3 Å². The van der Waals surface area contributed by atoms with E-state index in [2.05, 4.69) is 14.8 Å². The first kappa shape index (κ1) is 30.5. The number of aliphatic carboxylic acids is 1. The number of alkyl halides is 6. The summed E-state index contributed by atoms with van der Waals surface area (Å²) in [6.45, 7) is 5.20. The second-order valence-electron chi connectivity index (χ2n) is 10.7. The summed E-state index contributed by atoms with van der Waals surface area (Å²) in [5, 5.41) is 9.48. The Labute approximate surface area is 234 Å². The third-order valence-electron chi connectivity index (χ3n) is 7.84. The molecule has 1 unspecified atom stereocenters. The van der Waals surface area contributed by atoms with E-state index in [1.165, 1.54) is 12.1 Å². The molecule has 11 heteroatoms. The lowest BCUT2D eigenvalue weighted by Crippen LogP contribution is -2.52. The monoisotopic (exact) mass is 579 g/mol.